The fourth-order valence-electron chi connectivity index (χ4n) is 1.46. The number of nitro groups is 1. The Hall–Kier alpha value is -1.47. The van der Waals surface area contributed by atoms with E-state index < -0.39 is 4.92 Å². The number of unbranched alkanes of at least 4 members (excludes halogenated alkanes) is 1. The molecule has 0 atom stereocenters. The molecule has 0 radical (unpaired) electrons. The second-order valence-electron chi connectivity index (χ2n) is 3.93. The average Bonchev–Trinajstić information content (AvgIpc) is 2.32. The summed E-state index contributed by atoms with van der Waals surface area (Å²) < 4.78 is 5.35. The minimum Gasteiger partial charge on any atom is -0.380 e. The van der Waals surface area contributed by atoms with Gasteiger partial charge in [-0.15, -0.1) is 0 Å². The van der Waals surface area contributed by atoms with E-state index in [1.807, 2.05) is 0 Å². The monoisotopic (exact) mass is 288 g/mol. The fourth-order valence-corrected chi connectivity index (χ4v) is 1.68. The Kier molecular flexibility index (Phi) is 6.44. The van der Waals surface area contributed by atoms with Crippen LogP contribution in [0, 0.1) is 17.0 Å². The van der Waals surface area contributed by atoms with E-state index in [2.05, 4.69) is 22.2 Å². The highest BCUT2D eigenvalue weighted by atomic mass is 35.5. The van der Waals surface area contributed by atoms with Crippen LogP contribution in [0.15, 0.2) is 0 Å². The largest absolute Gasteiger partial charge is 0.380 e. The van der Waals surface area contributed by atoms with Gasteiger partial charge in [0.25, 0.3) is 0 Å². The first-order valence-electron chi connectivity index (χ1n) is 6.06. The highest BCUT2D eigenvalue weighted by molar-refractivity contribution is 6.28. The van der Waals surface area contributed by atoms with E-state index in [4.69, 9.17) is 16.3 Å². The predicted molar refractivity (Wildman–Crippen MR) is 72.7 cm³/mol. The molecule has 0 unspecified atom stereocenters. The van der Waals surface area contributed by atoms with Crippen LogP contribution in [0.2, 0.25) is 5.28 Å². The van der Waals surface area contributed by atoms with E-state index in [9.17, 15) is 10.1 Å². The van der Waals surface area contributed by atoms with Gasteiger partial charge in [-0.05, 0) is 24.9 Å². The van der Waals surface area contributed by atoms with Gasteiger partial charge in [0.05, 0.1) is 11.5 Å². The zero-order chi connectivity index (χ0) is 14.3. The third kappa shape index (κ3) is 4.96. The molecular formula is C11H17ClN4O3. The minimum atomic E-state index is -0.522. The molecule has 1 aromatic heterocycles. The Balaban J connectivity index is 2.59. The first kappa shape index (κ1) is 15.6. The van der Waals surface area contributed by atoms with Crippen molar-refractivity contribution in [3.8, 4) is 0 Å². The normalized spacial score (nSPS) is 10.5. The third-order valence-electron chi connectivity index (χ3n) is 2.39. The fraction of sp³-hybridized carbons (Fsp3) is 0.636. The van der Waals surface area contributed by atoms with Gasteiger partial charge < -0.3 is 10.1 Å². The number of rotatable bonds is 8. The van der Waals surface area contributed by atoms with Gasteiger partial charge in [-0.2, -0.15) is 4.98 Å². The molecule has 0 aliphatic heterocycles. The van der Waals surface area contributed by atoms with Gasteiger partial charge >= 0.3 is 5.69 Å². The van der Waals surface area contributed by atoms with E-state index in [1.165, 1.54) is 6.92 Å². The van der Waals surface area contributed by atoms with Crippen molar-refractivity contribution in [2.75, 3.05) is 25.1 Å². The molecule has 0 aromatic carbocycles. The van der Waals surface area contributed by atoms with Crippen LogP contribution in [0.25, 0.3) is 0 Å². The Morgan fingerprint density at radius 1 is 1.42 bits per heavy atom. The van der Waals surface area contributed by atoms with E-state index in [-0.39, 0.29) is 22.5 Å². The number of nitrogens with zero attached hydrogens (tertiary/aromatic N) is 3. The molecule has 1 heterocycles. The molecule has 0 aliphatic carbocycles. The standard InChI is InChI=1S/C11H17ClN4O3/c1-3-4-6-19-7-5-13-10-9(16(17)18)8(2)14-11(12)15-10/h3-7H2,1-2H3,(H,13,14,15). The molecule has 0 saturated carbocycles. The number of ether oxygens (including phenoxy) is 1. The first-order valence-corrected chi connectivity index (χ1v) is 6.44. The molecule has 0 fully saturated rings. The highest BCUT2D eigenvalue weighted by Gasteiger charge is 2.21. The number of nitrogens with one attached hydrogen (secondary N) is 1. The summed E-state index contributed by atoms with van der Waals surface area (Å²) in [6, 6.07) is 0. The van der Waals surface area contributed by atoms with Gasteiger partial charge in [-0.1, -0.05) is 13.3 Å². The zero-order valence-electron chi connectivity index (χ0n) is 11.0. The van der Waals surface area contributed by atoms with Crippen LogP contribution in [0.4, 0.5) is 11.5 Å². The number of halogens is 1. The van der Waals surface area contributed by atoms with Crippen molar-refractivity contribution in [3.05, 3.63) is 21.1 Å². The summed E-state index contributed by atoms with van der Waals surface area (Å²) in [6.07, 6.45) is 2.07. The SMILES string of the molecule is CCCCOCCNc1nc(Cl)nc(C)c1[N+](=O)[O-]. The molecule has 8 heteroatoms. The molecule has 1 rings (SSSR count). The molecule has 0 aliphatic rings. The van der Waals surface area contributed by atoms with Crippen LogP contribution < -0.4 is 5.32 Å². The molecular weight excluding hydrogens is 272 g/mol. The summed E-state index contributed by atoms with van der Waals surface area (Å²) in [5.41, 5.74) is 0.0809. The lowest BCUT2D eigenvalue weighted by molar-refractivity contribution is -0.385. The van der Waals surface area contributed by atoms with Crippen molar-refractivity contribution in [1.82, 2.24) is 9.97 Å². The Bertz CT molecular complexity index is 442. The van der Waals surface area contributed by atoms with Gasteiger partial charge in [0, 0.05) is 13.2 Å². The second-order valence-corrected chi connectivity index (χ2v) is 4.26. The molecule has 0 spiro atoms. The molecule has 1 N–H and O–H groups in total. The Morgan fingerprint density at radius 2 is 2.16 bits per heavy atom. The van der Waals surface area contributed by atoms with Crippen molar-refractivity contribution >= 4 is 23.1 Å². The van der Waals surface area contributed by atoms with Crippen molar-refractivity contribution in [3.63, 3.8) is 0 Å². The Labute approximate surface area is 116 Å². The van der Waals surface area contributed by atoms with E-state index in [1.54, 1.807) is 0 Å². The minimum absolute atomic E-state index is 0.0162. The third-order valence-corrected chi connectivity index (χ3v) is 2.56. The maximum Gasteiger partial charge on any atom is 0.332 e. The molecule has 106 valence electrons. The maximum atomic E-state index is 10.9. The van der Waals surface area contributed by atoms with Crippen LogP contribution >= 0.6 is 11.6 Å². The second kappa shape index (κ2) is 7.85. The van der Waals surface area contributed by atoms with Crippen LogP contribution in [0.1, 0.15) is 25.5 Å². The van der Waals surface area contributed by atoms with Crippen molar-refractivity contribution < 1.29 is 9.66 Å². The van der Waals surface area contributed by atoms with Crippen molar-refractivity contribution in [2.24, 2.45) is 0 Å². The number of aromatic nitrogens is 2. The number of aryl methyl sites for hydroxylation is 1. The lowest BCUT2D eigenvalue weighted by Gasteiger charge is -2.08. The van der Waals surface area contributed by atoms with E-state index >= 15 is 0 Å². The molecule has 0 amide bonds. The topological polar surface area (TPSA) is 90.2 Å². The van der Waals surface area contributed by atoms with Gasteiger partial charge in [0.2, 0.25) is 11.1 Å². The van der Waals surface area contributed by atoms with Crippen LogP contribution in [-0.2, 0) is 4.74 Å². The quantitative estimate of drug-likeness (QED) is 0.342. The number of hydrogen-bond acceptors (Lipinski definition) is 6. The average molecular weight is 289 g/mol. The van der Waals surface area contributed by atoms with Crippen LogP contribution in [-0.4, -0.2) is 34.6 Å². The van der Waals surface area contributed by atoms with Crippen molar-refractivity contribution in [1.29, 1.82) is 0 Å². The van der Waals surface area contributed by atoms with Crippen LogP contribution in [0.3, 0.4) is 0 Å². The van der Waals surface area contributed by atoms with Crippen LogP contribution in [0.5, 0.6) is 0 Å². The summed E-state index contributed by atoms with van der Waals surface area (Å²) in [6.45, 7) is 5.17. The Morgan fingerprint density at radius 3 is 2.79 bits per heavy atom. The van der Waals surface area contributed by atoms with Gasteiger partial charge in [-0.25, -0.2) is 4.98 Å². The zero-order valence-corrected chi connectivity index (χ0v) is 11.7. The lowest BCUT2D eigenvalue weighted by atomic mass is 10.3. The molecule has 0 saturated heterocycles. The number of anilines is 1. The molecule has 19 heavy (non-hydrogen) atoms. The first-order chi connectivity index (χ1) is 9.06. The van der Waals surface area contributed by atoms with E-state index in [0.29, 0.717) is 19.8 Å². The molecule has 1 aromatic rings. The summed E-state index contributed by atoms with van der Waals surface area (Å²) >= 11 is 5.69. The van der Waals surface area contributed by atoms with Gasteiger partial charge in [0.1, 0.15) is 5.69 Å². The van der Waals surface area contributed by atoms with Gasteiger partial charge in [-0.3, -0.25) is 10.1 Å². The molecule has 7 nitrogen and oxygen atoms in total. The summed E-state index contributed by atoms with van der Waals surface area (Å²) in [7, 11) is 0. The molecule has 0 bridgehead atoms. The predicted octanol–water partition coefficient (Wildman–Crippen LogP) is 2.58. The summed E-state index contributed by atoms with van der Waals surface area (Å²) in [4.78, 5) is 18.0. The maximum absolute atomic E-state index is 10.9. The summed E-state index contributed by atoms with van der Waals surface area (Å²) in [5, 5.41) is 13.8. The number of hydrogen-bond donors (Lipinski definition) is 1. The highest BCUT2D eigenvalue weighted by Crippen LogP contribution is 2.26. The van der Waals surface area contributed by atoms with E-state index in [0.717, 1.165) is 12.8 Å². The van der Waals surface area contributed by atoms with Crippen molar-refractivity contribution in [2.45, 2.75) is 26.7 Å². The lowest BCUT2D eigenvalue weighted by Crippen LogP contribution is -2.13. The smallest absolute Gasteiger partial charge is 0.332 e. The summed E-state index contributed by atoms with van der Waals surface area (Å²) in [5.74, 6) is 0.126. The van der Waals surface area contributed by atoms with Gasteiger partial charge in [0.15, 0.2) is 0 Å².